The molecule has 1 saturated heterocycles. The number of alkyl halides is 6. The lowest BCUT2D eigenvalue weighted by molar-refractivity contribution is -0.143. The third-order valence-electron chi connectivity index (χ3n) is 6.78. The van der Waals surface area contributed by atoms with Crippen molar-refractivity contribution < 1.29 is 40.7 Å². The topological polar surface area (TPSA) is 58.6 Å². The lowest BCUT2D eigenvalue weighted by Crippen LogP contribution is -2.43. The molecule has 0 bridgehead atoms. The number of carbonyl (C=O) groups is 2. The summed E-state index contributed by atoms with van der Waals surface area (Å²) in [4.78, 5) is 28.3. The molecule has 212 valence electrons. The molecule has 1 atom stereocenters. The summed E-state index contributed by atoms with van der Waals surface area (Å²) in [6.45, 7) is 3.19. The SMILES string of the molecule is Cc1cccc(C)c1N1CC(COCc2ccccc2)(C(=O)Nc2cc(C(F)(F)F)cc(C(F)(F)F)c2)CC1=O. The van der Waals surface area contributed by atoms with Crippen LogP contribution in [0.25, 0.3) is 0 Å². The van der Waals surface area contributed by atoms with Crippen LogP contribution in [0.5, 0.6) is 0 Å². The molecule has 11 heteroatoms. The minimum Gasteiger partial charge on any atom is -0.376 e. The fourth-order valence-electron chi connectivity index (χ4n) is 4.81. The monoisotopic (exact) mass is 564 g/mol. The van der Waals surface area contributed by atoms with Crippen molar-refractivity contribution in [2.75, 3.05) is 23.4 Å². The molecule has 3 aromatic carbocycles. The first-order valence-corrected chi connectivity index (χ1v) is 12.3. The number of rotatable bonds is 7. The van der Waals surface area contributed by atoms with Gasteiger partial charge in [0, 0.05) is 24.3 Å². The Bertz CT molecular complexity index is 1350. The molecule has 0 radical (unpaired) electrons. The number of nitrogens with zero attached hydrogens (tertiary/aromatic N) is 1. The molecule has 0 saturated carbocycles. The van der Waals surface area contributed by atoms with Gasteiger partial charge in [0.1, 0.15) is 0 Å². The van der Waals surface area contributed by atoms with Crippen molar-refractivity contribution in [3.8, 4) is 0 Å². The molecule has 3 aromatic rings. The van der Waals surface area contributed by atoms with Crippen LogP contribution in [0.2, 0.25) is 0 Å². The summed E-state index contributed by atoms with van der Waals surface area (Å²) in [5, 5.41) is 2.22. The second kappa shape index (κ2) is 11.0. The highest BCUT2D eigenvalue weighted by atomic mass is 19.4. The number of amides is 2. The van der Waals surface area contributed by atoms with E-state index in [1.165, 1.54) is 4.90 Å². The number of aryl methyl sites for hydroxylation is 2. The quantitative estimate of drug-likeness (QED) is 0.317. The predicted molar refractivity (Wildman–Crippen MR) is 136 cm³/mol. The fourth-order valence-corrected chi connectivity index (χ4v) is 4.81. The highest BCUT2D eigenvalue weighted by molar-refractivity contribution is 6.06. The predicted octanol–water partition coefficient (Wildman–Crippen LogP) is 6.92. The van der Waals surface area contributed by atoms with E-state index in [1.807, 2.05) is 6.07 Å². The molecular weight excluding hydrogens is 538 g/mol. The number of para-hydroxylation sites is 1. The number of nitrogens with one attached hydrogen (secondary N) is 1. The van der Waals surface area contributed by atoms with E-state index in [0.717, 1.165) is 16.7 Å². The second-order valence-corrected chi connectivity index (χ2v) is 9.90. The molecule has 0 aromatic heterocycles. The summed E-state index contributed by atoms with van der Waals surface area (Å²) in [5.41, 5.74) is -2.51. The number of hydrogen-bond donors (Lipinski definition) is 1. The van der Waals surface area contributed by atoms with Gasteiger partial charge >= 0.3 is 12.4 Å². The van der Waals surface area contributed by atoms with Gasteiger partial charge in [0.2, 0.25) is 11.8 Å². The molecule has 1 aliphatic rings. The molecular formula is C29H26F6N2O3. The van der Waals surface area contributed by atoms with Gasteiger partial charge in [-0.2, -0.15) is 26.3 Å². The van der Waals surface area contributed by atoms with Gasteiger partial charge in [-0.25, -0.2) is 0 Å². The first-order chi connectivity index (χ1) is 18.7. The largest absolute Gasteiger partial charge is 0.416 e. The molecule has 1 heterocycles. The van der Waals surface area contributed by atoms with Crippen LogP contribution in [0.1, 0.15) is 34.2 Å². The Kier molecular flexibility index (Phi) is 7.98. The lowest BCUT2D eigenvalue weighted by atomic mass is 9.86. The standard InChI is InChI=1S/C29H26F6N2O3/c1-18-7-6-8-19(2)25(18)37-16-27(14-24(37)38,17-40-15-20-9-4-3-5-10-20)26(39)36-23-12-21(28(30,31)32)11-22(13-23)29(33,34)35/h3-13H,14-17H2,1-2H3,(H,36,39). The highest BCUT2D eigenvalue weighted by Crippen LogP contribution is 2.41. The molecule has 4 rings (SSSR count). The Morgan fingerprint density at radius 1 is 0.900 bits per heavy atom. The normalized spacial score (nSPS) is 17.8. The average molecular weight is 565 g/mol. The first-order valence-electron chi connectivity index (χ1n) is 12.3. The highest BCUT2D eigenvalue weighted by Gasteiger charge is 2.50. The van der Waals surface area contributed by atoms with E-state index in [-0.39, 0.29) is 32.2 Å². The van der Waals surface area contributed by atoms with Gasteiger partial charge in [-0.05, 0) is 48.7 Å². The van der Waals surface area contributed by atoms with Crippen LogP contribution < -0.4 is 10.2 Å². The Balaban J connectivity index is 1.69. The lowest BCUT2D eigenvalue weighted by Gasteiger charge is -2.29. The van der Waals surface area contributed by atoms with Gasteiger partial charge < -0.3 is 15.0 Å². The minimum atomic E-state index is -5.08. The molecule has 1 unspecified atom stereocenters. The van der Waals surface area contributed by atoms with Crippen molar-refractivity contribution >= 4 is 23.2 Å². The van der Waals surface area contributed by atoms with Crippen molar-refractivity contribution in [3.05, 3.63) is 94.5 Å². The van der Waals surface area contributed by atoms with Crippen LogP contribution in [-0.2, 0) is 33.3 Å². The number of anilines is 2. The van der Waals surface area contributed by atoms with Crippen molar-refractivity contribution in [2.24, 2.45) is 5.41 Å². The first kappa shape index (κ1) is 29.1. The molecule has 1 fully saturated rings. The maximum absolute atomic E-state index is 13.7. The van der Waals surface area contributed by atoms with Gasteiger partial charge in [0.15, 0.2) is 0 Å². The van der Waals surface area contributed by atoms with Gasteiger partial charge in [-0.3, -0.25) is 9.59 Å². The van der Waals surface area contributed by atoms with Gasteiger partial charge in [-0.1, -0.05) is 48.5 Å². The molecule has 0 aliphatic carbocycles. The summed E-state index contributed by atoms with van der Waals surface area (Å²) in [5.74, 6) is -1.34. The van der Waals surface area contributed by atoms with E-state index in [2.05, 4.69) is 5.32 Å². The summed E-state index contributed by atoms with van der Waals surface area (Å²) in [6.07, 6.45) is -10.5. The second-order valence-electron chi connectivity index (χ2n) is 9.90. The zero-order chi connectivity index (χ0) is 29.3. The number of hydrogen-bond acceptors (Lipinski definition) is 3. The minimum absolute atomic E-state index is 0.0177. The average Bonchev–Trinajstić information content (AvgIpc) is 3.20. The van der Waals surface area contributed by atoms with Crippen LogP contribution >= 0.6 is 0 Å². The van der Waals surface area contributed by atoms with E-state index >= 15 is 0 Å². The number of benzene rings is 3. The van der Waals surface area contributed by atoms with Crippen molar-refractivity contribution in [1.82, 2.24) is 0 Å². The maximum Gasteiger partial charge on any atom is 0.416 e. The zero-order valence-corrected chi connectivity index (χ0v) is 21.6. The van der Waals surface area contributed by atoms with Gasteiger partial charge in [0.05, 0.1) is 29.8 Å². The number of carbonyl (C=O) groups excluding carboxylic acids is 2. The van der Waals surface area contributed by atoms with Crippen LogP contribution in [-0.4, -0.2) is 25.0 Å². The summed E-state index contributed by atoms with van der Waals surface area (Å²) in [6, 6.07) is 15.2. The summed E-state index contributed by atoms with van der Waals surface area (Å²) in [7, 11) is 0. The van der Waals surface area contributed by atoms with Crippen LogP contribution in [0.4, 0.5) is 37.7 Å². The molecule has 2 amide bonds. The fraction of sp³-hybridized carbons (Fsp3) is 0.310. The van der Waals surface area contributed by atoms with E-state index < -0.39 is 46.4 Å². The Morgan fingerprint density at radius 3 is 2.02 bits per heavy atom. The van der Waals surface area contributed by atoms with E-state index in [1.54, 1.807) is 56.3 Å². The van der Waals surface area contributed by atoms with E-state index in [0.29, 0.717) is 17.8 Å². The Labute approximate surface area is 226 Å². The molecule has 1 aliphatic heterocycles. The maximum atomic E-state index is 13.7. The van der Waals surface area contributed by atoms with Crippen LogP contribution in [0.15, 0.2) is 66.7 Å². The zero-order valence-electron chi connectivity index (χ0n) is 21.6. The third kappa shape index (κ3) is 6.30. The third-order valence-corrected chi connectivity index (χ3v) is 6.78. The Hall–Kier alpha value is -3.86. The summed E-state index contributed by atoms with van der Waals surface area (Å²) < 4.78 is 86.2. The summed E-state index contributed by atoms with van der Waals surface area (Å²) >= 11 is 0. The molecule has 5 nitrogen and oxygen atoms in total. The van der Waals surface area contributed by atoms with Crippen LogP contribution in [0, 0.1) is 19.3 Å². The molecule has 1 N–H and O–H groups in total. The van der Waals surface area contributed by atoms with E-state index in [4.69, 9.17) is 4.74 Å². The number of halogens is 6. The van der Waals surface area contributed by atoms with Crippen molar-refractivity contribution in [3.63, 3.8) is 0 Å². The number of ether oxygens (including phenoxy) is 1. The smallest absolute Gasteiger partial charge is 0.376 e. The molecule has 0 spiro atoms. The van der Waals surface area contributed by atoms with Gasteiger partial charge in [0.25, 0.3) is 0 Å². The van der Waals surface area contributed by atoms with Gasteiger partial charge in [-0.15, -0.1) is 0 Å². The Morgan fingerprint density at radius 2 is 1.48 bits per heavy atom. The van der Waals surface area contributed by atoms with Crippen molar-refractivity contribution in [2.45, 2.75) is 39.2 Å². The van der Waals surface area contributed by atoms with Crippen molar-refractivity contribution in [1.29, 1.82) is 0 Å². The van der Waals surface area contributed by atoms with E-state index in [9.17, 15) is 35.9 Å². The molecule has 40 heavy (non-hydrogen) atoms. The van der Waals surface area contributed by atoms with Crippen LogP contribution in [0.3, 0.4) is 0 Å².